The third-order valence-electron chi connectivity index (χ3n) is 4.19. The molecule has 1 spiro atoms. The Morgan fingerprint density at radius 3 is 2.08 bits per heavy atom. The van der Waals surface area contributed by atoms with Crippen LogP contribution in [0, 0.1) is 5.41 Å². The second-order valence-corrected chi connectivity index (χ2v) is 5.05. The number of carbonyl (C=O) groups is 1. The van der Waals surface area contributed by atoms with E-state index in [1.807, 2.05) is 0 Å². The van der Waals surface area contributed by atoms with Gasteiger partial charge in [-0.15, -0.1) is 0 Å². The Kier molecular flexibility index (Phi) is 1.25. The molecule has 2 saturated carbocycles. The van der Waals surface area contributed by atoms with Crippen molar-refractivity contribution < 1.29 is 9.90 Å². The van der Waals surface area contributed by atoms with Gasteiger partial charge < -0.3 is 5.11 Å². The maximum absolute atomic E-state index is 11.1. The molecule has 1 N–H and O–H groups in total. The molecule has 72 valence electrons. The van der Waals surface area contributed by atoms with Crippen molar-refractivity contribution in [2.45, 2.75) is 37.6 Å². The highest BCUT2D eigenvalue weighted by Crippen LogP contribution is 2.57. The van der Waals surface area contributed by atoms with E-state index in [-0.39, 0.29) is 0 Å². The minimum Gasteiger partial charge on any atom is -0.480 e. The van der Waals surface area contributed by atoms with Gasteiger partial charge in [0, 0.05) is 13.1 Å². The lowest BCUT2D eigenvalue weighted by atomic mass is 9.72. The molecule has 1 heterocycles. The standard InChI is InChI=1S/C10H15NO2/c12-8(13)10(2-1-3-10)11-6-9(7-11)4-5-9/h1-7H2,(H,12,13). The maximum Gasteiger partial charge on any atom is 0.324 e. The number of hydrogen-bond donors (Lipinski definition) is 1. The van der Waals surface area contributed by atoms with Crippen molar-refractivity contribution in [1.82, 2.24) is 4.90 Å². The summed E-state index contributed by atoms with van der Waals surface area (Å²) < 4.78 is 0. The molecule has 0 unspecified atom stereocenters. The molecule has 1 aliphatic heterocycles. The van der Waals surface area contributed by atoms with E-state index in [4.69, 9.17) is 5.11 Å². The average molecular weight is 181 g/mol. The fourth-order valence-corrected chi connectivity index (χ4v) is 2.74. The molecule has 0 bridgehead atoms. The number of carboxylic acid groups (broad SMARTS) is 1. The van der Waals surface area contributed by atoms with Gasteiger partial charge in [0.1, 0.15) is 5.54 Å². The molecule has 1 saturated heterocycles. The molecular formula is C10H15NO2. The molecular weight excluding hydrogens is 166 g/mol. The number of hydrogen-bond acceptors (Lipinski definition) is 2. The van der Waals surface area contributed by atoms with E-state index in [0.29, 0.717) is 5.41 Å². The van der Waals surface area contributed by atoms with Crippen molar-refractivity contribution in [1.29, 1.82) is 0 Å². The van der Waals surface area contributed by atoms with Crippen LogP contribution < -0.4 is 0 Å². The molecule has 0 radical (unpaired) electrons. The van der Waals surface area contributed by atoms with E-state index >= 15 is 0 Å². The average Bonchev–Trinajstić information content (AvgIpc) is 2.61. The smallest absolute Gasteiger partial charge is 0.324 e. The molecule has 0 aromatic rings. The van der Waals surface area contributed by atoms with Crippen LogP contribution >= 0.6 is 0 Å². The van der Waals surface area contributed by atoms with Crippen LogP contribution in [0.5, 0.6) is 0 Å². The lowest BCUT2D eigenvalue weighted by Gasteiger charge is -2.54. The first-order valence-electron chi connectivity index (χ1n) is 5.16. The SMILES string of the molecule is O=C(O)C1(N2CC3(CC3)C2)CCC1. The molecule has 13 heavy (non-hydrogen) atoms. The van der Waals surface area contributed by atoms with E-state index in [2.05, 4.69) is 4.90 Å². The first kappa shape index (κ1) is 7.80. The summed E-state index contributed by atoms with van der Waals surface area (Å²) in [6.45, 7) is 2.11. The van der Waals surface area contributed by atoms with Gasteiger partial charge in [-0.1, -0.05) is 0 Å². The van der Waals surface area contributed by atoms with Gasteiger partial charge in [-0.2, -0.15) is 0 Å². The summed E-state index contributed by atoms with van der Waals surface area (Å²) in [5.74, 6) is -0.589. The molecule has 3 rings (SSSR count). The fraction of sp³-hybridized carbons (Fsp3) is 0.900. The topological polar surface area (TPSA) is 40.5 Å². The fourth-order valence-electron chi connectivity index (χ4n) is 2.74. The summed E-state index contributed by atoms with van der Waals surface area (Å²) in [7, 11) is 0. The largest absolute Gasteiger partial charge is 0.480 e. The summed E-state index contributed by atoms with van der Waals surface area (Å²) in [5, 5.41) is 9.17. The van der Waals surface area contributed by atoms with Crippen molar-refractivity contribution in [3.05, 3.63) is 0 Å². The van der Waals surface area contributed by atoms with Crippen molar-refractivity contribution in [3.63, 3.8) is 0 Å². The van der Waals surface area contributed by atoms with Gasteiger partial charge in [0.05, 0.1) is 0 Å². The second kappa shape index (κ2) is 2.08. The normalized spacial score (nSPS) is 33.5. The predicted octanol–water partition coefficient (Wildman–Crippen LogP) is 1.09. The van der Waals surface area contributed by atoms with E-state index < -0.39 is 11.5 Å². The van der Waals surface area contributed by atoms with E-state index in [1.165, 1.54) is 12.8 Å². The zero-order valence-electron chi connectivity index (χ0n) is 7.75. The van der Waals surface area contributed by atoms with Gasteiger partial charge in [-0.3, -0.25) is 9.69 Å². The summed E-state index contributed by atoms with van der Waals surface area (Å²) >= 11 is 0. The van der Waals surface area contributed by atoms with Crippen LogP contribution in [0.15, 0.2) is 0 Å². The quantitative estimate of drug-likeness (QED) is 0.693. The Morgan fingerprint density at radius 2 is 1.77 bits per heavy atom. The van der Waals surface area contributed by atoms with Gasteiger partial charge in [0.25, 0.3) is 0 Å². The van der Waals surface area contributed by atoms with E-state index in [0.717, 1.165) is 32.4 Å². The number of aliphatic carboxylic acids is 1. The first-order valence-corrected chi connectivity index (χ1v) is 5.16. The van der Waals surface area contributed by atoms with Crippen LogP contribution in [0.25, 0.3) is 0 Å². The van der Waals surface area contributed by atoms with Gasteiger partial charge in [-0.05, 0) is 37.5 Å². The molecule has 3 heteroatoms. The summed E-state index contributed by atoms with van der Waals surface area (Å²) in [6.07, 6.45) is 5.50. The molecule has 0 aromatic heterocycles. The number of carboxylic acids is 1. The molecule has 3 fully saturated rings. The monoisotopic (exact) mass is 181 g/mol. The Bertz CT molecular complexity index is 258. The Labute approximate surface area is 77.7 Å². The van der Waals surface area contributed by atoms with Crippen LogP contribution in [-0.4, -0.2) is 34.6 Å². The lowest BCUT2D eigenvalue weighted by molar-refractivity contribution is -0.167. The third-order valence-corrected chi connectivity index (χ3v) is 4.19. The zero-order chi connectivity index (χ0) is 9.10. The lowest BCUT2D eigenvalue weighted by Crippen LogP contribution is -2.67. The van der Waals surface area contributed by atoms with E-state index in [1.54, 1.807) is 0 Å². The minimum absolute atomic E-state index is 0.437. The minimum atomic E-state index is -0.589. The van der Waals surface area contributed by atoms with Crippen LogP contribution in [0.4, 0.5) is 0 Å². The summed E-state index contributed by atoms with van der Waals surface area (Å²) in [5.41, 5.74) is 0.145. The van der Waals surface area contributed by atoms with Crippen LogP contribution in [0.3, 0.4) is 0 Å². The second-order valence-electron chi connectivity index (χ2n) is 5.05. The summed E-state index contributed by atoms with van der Waals surface area (Å²) in [6, 6.07) is 0. The van der Waals surface area contributed by atoms with Crippen molar-refractivity contribution in [3.8, 4) is 0 Å². The Balaban J connectivity index is 1.72. The van der Waals surface area contributed by atoms with Crippen LogP contribution in [0.1, 0.15) is 32.1 Å². The van der Waals surface area contributed by atoms with Gasteiger partial charge in [0.15, 0.2) is 0 Å². The highest BCUT2D eigenvalue weighted by Gasteiger charge is 2.61. The number of likely N-dealkylation sites (tertiary alicyclic amines) is 1. The number of nitrogens with zero attached hydrogens (tertiary/aromatic N) is 1. The molecule has 0 aromatic carbocycles. The molecule has 0 amide bonds. The first-order chi connectivity index (χ1) is 6.17. The highest BCUT2D eigenvalue weighted by atomic mass is 16.4. The van der Waals surface area contributed by atoms with Crippen LogP contribution in [-0.2, 0) is 4.79 Å². The Morgan fingerprint density at radius 1 is 1.15 bits per heavy atom. The van der Waals surface area contributed by atoms with E-state index in [9.17, 15) is 4.79 Å². The maximum atomic E-state index is 11.1. The molecule has 3 nitrogen and oxygen atoms in total. The number of rotatable bonds is 2. The zero-order valence-corrected chi connectivity index (χ0v) is 7.75. The van der Waals surface area contributed by atoms with Gasteiger partial charge in [-0.25, -0.2) is 0 Å². The van der Waals surface area contributed by atoms with Gasteiger partial charge >= 0.3 is 5.97 Å². The van der Waals surface area contributed by atoms with Crippen molar-refractivity contribution in [2.24, 2.45) is 5.41 Å². The van der Waals surface area contributed by atoms with Gasteiger partial charge in [0.2, 0.25) is 0 Å². The molecule has 0 atom stereocenters. The summed E-state index contributed by atoms with van der Waals surface area (Å²) in [4.78, 5) is 13.3. The van der Waals surface area contributed by atoms with Crippen molar-refractivity contribution >= 4 is 5.97 Å². The van der Waals surface area contributed by atoms with Crippen molar-refractivity contribution in [2.75, 3.05) is 13.1 Å². The third kappa shape index (κ3) is 0.857. The molecule has 2 aliphatic carbocycles. The predicted molar refractivity (Wildman–Crippen MR) is 47.5 cm³/mol. The van der Waals surface area contributed by atoms with Crippen LogP contribution in [0.2, 0.25) is 0 Å². The molecule has 3 aliphatic rings. The Hall–Kier alpha value is -0.570. The highest BCUT2D eigenvalue weighted by molar-refractivity contribution is 5.80.